The van der Waals surface area contributed by atoms with E-state index < -0.39 is 0 Å². The highest BCUT2D eigenvalue weighted by atomic mass is 16.5. The van der Waals surface area contributed by atoms with E-state index in [-0.39, 0.29) is 5.78 Å². The molecule has 0 fully saturated rings. The number of unbranched alkanes of at least 4 members (excludes halogenated alkanes) is 3. The first-order chi connectivity index (χ1) is 10.8. The van der Waals surface area contributed by atoms with E-state index >= 15 is 0 Å². The fourth-order valence-corrected chi connectivity index (χ4v) is 1.95. The summed E-state index contributed by atoms with van der Waals surface area (Å²) in [6, 6.07) is 7.21. The Morgan fingerprint density at radius 1 is 1.23 bits per heavy atom. The van der Waals surface area contributed by atoms with Crippen molar-refractivity contribution in [3.05, 3.63) is 42.5 Å². The van der Waals surface area contributed by atoms with E-state index in [1.165, 1.54) is 36.4 Å². The summed E-state index contributed by atoms with van der Waals surface area (Å²) in [4.78, 5) is 12.2. The summed E-state index contributed by atoms with van der Waals surface area (Å²) < 4.78 is 7.10. The number of benzene rings is 1. The zero-order valence-electron chi connectivity index (χ0n) is 12.7. The molecule has 6 nitrogen and oxygen atoms in total. The number of ether oxygens (including phenoxy) is 1. The second kappa shape index (κ2) is 8.71. The fourth-order valence-electron chi connectivity index (χ4n) is 1.95. The average molecular weight is 300 g/mol. The molecule has 22 heavy (non-hydrogen) atoms. The predicted octanol–water partition coefficient (Wildman–Crippen LogP) is 2.95. The van der Waals surface area contributed by atoms with Crippen LogP contribution in [0.4, 0.5) is 0 Å². The Hall–Kier alpha value is -2.50. The van der Waals surface area contributed by atoms with Crippen molar-refractivity contribution in [2.24, 2.45) is 5.10 Å². The second-order valence-corrected chi connectivity index (χ2v) is 4.86. The SMILES string of the molecule is CCCCCCOc1ccccc1C(=O)/C=N\n1cnnc1. The molecule has 116 valence electrons. The molecule has 0 unspecified atom stereocenters. The van der Waals surface area contributed by atoms with E-state index in [0.717, 1.165) is 12.8 Å². The molecule has 2 aromatic rings. The lowest BCUT2D eigenvalue weighted by molar-refractivity contribution is 0.106. The quantitative estimate of drug-likeness (QED) is 0.405. The molecule has 0 saturated heterocycles. The number of hydrogen-bond donors (Lipinski definition) is 0. The normalized spacial score (nSPS) is 11.0. The number of Topliss-reactive ketones (excluding diaryl/α,β-unsaturated/α-hetero) is 1. The third-order valence-electron chi connectivity index (χ3n) is 3.12. The maximum atomic E-state index is 12.2. The summed E-state index contributed by atoms with van der Waals surface area (Å²) in [6.07, 6.45) is 8.60. The highest BCUT2D eigenvalue weighted by molar-refractivity contribution is 6.36. The predicted molar refractivity (Wildman–Crippen MR) is 84.3 cm³/mol. The maximum absolute atomic E-state index is 12.2. The fraction of sp³-hybridized carbons (Fsp3) is 0.375. The van der Waals surface area contributed by atoms with Gasteiger partial charge in [0.05, 0.1) is 18.4 Å². The first-order valence-electron chi connectivity index (χ1n) is 7.46. The Kier molecular flexibility index (Phi) is 6.29. The zero-order valence-corrected chi connectivity index (χ0v) is 12.7. The van der Waals surface area contributed by atoms with Gasteiger partial charge in [0.2, 0.25) is 5.78 Å². The van der Waals surface area contributed by atoms with Gasteiger partial charge in [0.15, 0.2) is 0 Å². The van der Waals surface area contributed by atoms with Gasteiger partial charge in [-0.15, -0.1) is 10.2 Å². The third-order valence-corrected chi connectivity index (χ3v) is 3.12. The summed E-state index contributed by atoms with van der Waals surface area (Å²) in [5.74, 6) is 0.386. The molecule has 0 N–H and O–H groups in total. The number of nitrogens with zero attached hydrogens (tertiary/aromatic N) is 4. The summed E-state index contributed by atoms with van der Waals surface area (Å²) >= 11 is 0. The van der Waals surface area contributed by atoms with Crippen molar-refractivity contribution in [2.45, 2.75) is 32.6 Å². The van der Waals surface area contributed by atoms with Crippen LogP contribution in [0.1, 0.15) is 43.0 Å². The first-order valence-corrected chi connectivity index (χ1v) is 7.46. The number of ketones is 1. The van der Waals surface area contributed by atoms with Gasteiger partial charge < -0.3 is 4.74 Å². The molecule has 0 radical (unpaired) electrons. The Bertz CT molecular complexity index is 608. The van der Waals surface area contributed by atoms with Crippen molar-refractivity contribution in [3.8, 4) is 5.75 Å². The van der Waals surface area contributed by atoms with Gasteiger partial charge in [0.25, 0.3) is 0 Å². The molecule has 0 aliphatic carbocycles. The van der Waals surface area contributed by atoms with E-state index in [9.17, 15) is 4.79 Å². The largest absolute Gasteiger partial charge is 0.493 e. The van der Waals surface area contributed by atoms with Crippen LogP contribution in [-0.4, -0.2) is 33.5 Å². The molecule has 0 atom stereocenters. The highest BCUT2D eigenvalue weighted by Gasteiger charge is 2.10. The van der Waals surface area contributed by atoms with E-state index in [2.05, 4.69) is 22.2 Å². The van der Waals surface area contributed by atoms with Crippen LogP contribution < -0.4 is 4.74 Å². The lowest BCUT2D eigenvalue weighted by Crippen LogP contribution is -2.07. The number of rotatable bonds is 9. The van der Waals surface area contributed by atoms with Gasteiger partial charge in [-0.25, -0.2) is 4.68 Å². The minimum atomic E-state index is -0.210. The monoisotopic (exact) mass is 300 g/mol. The molecule has 6 heteroatoms. The third kappa shape index (κ3) is 4.80. The first kappa shape index (κ1) is 15.9. The van der Waals surface area contributed by atoms with Crippen LogP contribution in [0, 0.1) is 0 Å². The molecule has 0 saturated carbocycles. The number of carbonyl (C=O) groups excluding carboxylic acids is 1. The molecule has 0 amide bonds. The summed E-state index contributed by atoms with van der Waals surface area (Å²) in [5.41, 5.74) is 0.509. The van der Waals surface area contributed by atoms with Crippen LogP contribution in [0.25, 0.3) is 0 Å². The molecule has 1 heterocycles. The molecule has 1 aromatic heterocycles. The maximum Gasteiger partial charge on any atom is 0.209 e. The van der Waals surface area contributed by atoms with Crippen molar-refractivity contribution in [1.29, 1.82) is 0 Å². The molecule has 1 aromatic carbocycles. The Balaban J connectivity index is 1.96. The smallest absolute Gasteiger partial charge is 0.209 e. The molecule has 2 rings (SSSR count). The van der Waals surface area contributed by atoms with Gasteiger partial charge in [0, 0.05) is 0 Å². The molecule has 0 aliphatic rings. The topological polar surface area (TPSA) is 69.4 Å². The number of hydrogen-bond acceptors (Lipinski definition) is 5. The van der Waals surface area contributed by atoms with Crippen LogP contribution in [0.3, 0.4) is 0 Å². The van der Waals surface area contributed by atoms with Crippen molar-refractivity contribution < 1.29 is 9.53 Å². The summed E-state index contributed by atoms with van der Waals surface area (Å²) in [7, 11) is 0. The van der Waals surface area contributed by atoms with E-state index in [1.807, 2.05) is 12.1 Å². The Morgan fingerprint density at radius 3 is 2.77 bits per heavy atom. The minimum absolute atomic E-state index is 0.210. The van der Waals surface area contributed by atoms with Crippen LogP contribution in [0.2, 0.25) is 0 Å². The lowest BCUT2D eigenvalue weighted by Gasteiger charge is -2.09. The van der Waals surface area contributed by atoms with E-state index in [4.69, 9.17) is 4.74 Å². The van der Waals surface area contributed by atoms with Gasteiger partial charge in [0.1, 0.15) is 18.4 Å². The minimum Gasteiger partial charge on any atom is -0.493 e. The van der Waals surface area contributed by atoms with Crippen LogP contribution in [-0.2, 0) is 0 Å². The van der Waals surface area contributed by atoms with Crippen LogP contribution >= 0.6 is 0 Å². The molecule has 0 aliphatic heterocycles. The number of aromatic nitrogens is 3. The van der Waals surface area contributed by atoms with Gasteiger partial charge >= 0.3 is 0 Å². The summed E-state index contributed by atoms with van der Waals surface area (Å²) in [6.45, 7) is 2.79. The van der Waals surface area contributed by atoms with Crippen LogP contribution in [0.15, 0.2) is 42.0 Å². The van der Waals surface area contributed by atoms with Crippen molar-refractivity contribution in [3.63, 3.8) is 0 Å². The number of carbonyl (C=O) groups is 1. The van der Waals surface area contributed by atoms with Gasteiger partial charge in [-0.3, -0.25) is 4.79 Å². The summed E-state index contributed by atoms with van der Waals surface area (Å²) in [5, 5.41) is 11.2. The highest BCUT2D eigenvalue weighted by Crippen LogP contribution is 2.18. The van der Waals surface area contributed by atoms with Crippen molar-refractivity contribution >= 4 is 12.0 Å². The van der Waals surface area contributed by atoms with Gasteiger partial charge in [-0.05, 0) is 18.6 Å². The molecular formula is C16H20N4O2. The van der Waals surface area contributed by atoms with E-state index in [1.54, 1.807) is 12.1 Å². The molecule has 0 bridgehead atoms. The van der Waals surface area contributed by atoms with Crippen LogP contribution in [0.5, 0.6) is 5.75 Å². The molecule has 0 spiro atoms. The number of para-hydroxylation sites is 1. The molecular weight excluding hydrogens is 280 g/mol. The van der Waals surface area contributed by atoms with Gasteiger partial charge in [-0.1, -0.05) is 38.3 Å². The standard InChI is InChI=1S/C16H20N4O2/c1-2-3-4-7-10-22-16-9-6-5-8-14(16)15(21)11-19-20-12-17-18-13-20/h5-6,8-9,11-13H,2-4,7,10H2,1H3/b19-11-. The lowest BCUT2D eigenvalue weighted by atomic mass is 10.1. The van der Waals surface area contributed by atoms with Gasteiger partial charge in [-0.2, -0.15) is 5.10 Å². The Morgan fingerprint density at radius 2 is 2.00 bits per heavy atom. The van der Waals surface area contributed by atoms with Crippen molar-refractivity contribution in [1.82, 2.24) is 14.9 Å². The Labute approximate surface area is 129 Å². The van der Waals surface area contributed by atoms with Crippen molar-refractivity contribution in [2.75, 3.05) is 6.61 Å². The van der Waals surface area contributed by atoms with E-state index in [0.29, 0.717) is 17.9 Å². The average Bonchev–Trinajstić information content (AvgIpc) is 3.06. The second-order valence-electron chi connectivity index (χ2n) is 4.86. The zero-order chi connectivity index (χ0) is 15.6.